The van der Waals surface area contributed by atoms with Crippen molar-refractivity contribution in [2.75, 3.05) is 13.2 Å². The van der Waals surface area contributed by atoms with Crippen molar-refractivity contribution in [3.63, 3.8) is 0 Å². The van der Waals surface area contributed by atoms with E-state index in [4.69, 9.17) is 9.47 Å². The molecule has 0 spiro atoms. The monoisotopic (exact) mass is 364 g/mol. The van der Waals surface area contributed by atoms with Crippen LogP contribution in [0, 0.1) is 11.8 Å². The van der Waals surface area contributed by atoms with Gasteiger partial charge in [-0.3, -0.25) is 9.78 Å². The minimum Gasteiger partial charge on any atom is -0.481 e. The van der Waals surface area contributed by atoms with E-state index in [0.29, 0.717) is 26.3 Å². The Bertz CT molecular complexity index is 788. The number of hydrogen-bond acceptors (Lipinski definition) is 4. The number of nitrogens with zero attached hydrogens (tertiary/aromatic N) is 2. The SMILES string of the molecule is CC#CCOc1ccc(CN(Cc2cccnc2)C(=O)[C@H]2CCCO2)cc1. The van der Waals surface area contributed by atoms with E-state index < -0.39 is 0 Å². The van der Waals surface area contributed by atoms with Gasteiger partial charge in [0.2, 0.25) is 0 Å². The predicted octanol–water partition coefficient (Wildman–Crippen LogP) is 3.19. The Hall–Kier alpha value is -2.84. The van der Waals surface area contributed by atoms with Gasteiger partial charge in [-0.1, -0.05) is 24.1 Å². The number of aromatic nitrogens is 1. The molecular formula is C22H24N2O3. The predicted molar refractivity (Wildman–Crippen MR) is 103 cm³/mol. The highest BCUT2D eigenvalue weighted by Gasteiger charge is 2.28. The highest BCUT2D eigenvalue weighted by molar-refractivity contribution is 5.81. The molecule has 1 atom stereocenters. The maximum atomic E-state index is 12.9. The molecule has 1 aromatic heterocycles. The standard InChI is InChI=1S/C22H24N2O3/c1-2-3-13-26-20-10-8-18(9-11-20)16-24(17-19-6-4-12-23-15-19)22(25)21-7-5-14-27-21/h4,6,8-12,15,21H,5,7,13-14,16-17H2,1H3/t21-/m1/s1. The van der Waals surface area contributed by atoms with E-state index in [1.54, 1.807) is 19.3 Å². The van der Waals surface area contributed by atoms with Crippen molar-refractivity contribution in [2.45, 2.75) is 39.0 Å². The van der Waals surface area contributed by atoms with Crippen LogP contribution in [0.4, 0.5) is 0 Å². The zero-order valence-electron chi connectivity index (χ0n) is 15.6. The molecule has 2 heterocycles. The molecule has 3 rings (SSSR count). The van der Waals surface area contributed by atoms with Crippen LogP contribution in [0.15, 0.2) is 48.8 Å². The lowest BCUT2D eigenvalue weighted by molar-refractivity contribution is -0.142. The number of carbonyl (C=O) groups is 1. The summed E-state index contributed by atoms with van der Waals surface area (Å²) in [6.45, 7) is 3.85. The molecular weight excluding hydrogens is 340 g/mol. The van der Waals surface area contributed by atoms with Crippen molar-refractivity contribution < 1.29 is 14.3 Å². The van der Waals surface area contributed by atoms with Crippen molar-refractivity contribution in [2.24, 2.45) is 0 Å². The first-order chi connectivity index (χ1) is 13.3. The molecule has 1 fully saturated rings. The highest BCUT2D eigenvalue weighted by Crippen LogP contribution is 2.20. The summed E-state index contributed by atoms with van der Waals surface area (Å²) in [6.07, 6.45) is 4.91. The molecule has 5 nitrogen and oxygen atoms in total. The lowest BCUT2D eigenvalue weighted by Crippen LogP contribution is -2.38. The lowest BCUT2D eigenvalue weighted by Gasteiger charge is -2.25. The quantitative estimate of drug-likeness (QED) is 0.708. The van der Waals surface area contributed by atoms with Gasteiger partial charge in [-0.25, -0.2) is 0 Å². The van der Waals surface area contributed by atoms with Gasteiger partial charge in [0.15, 0.2) is 0 Å². The number of carbonyl (C=O) groups excluding carboxylic acids is 1. The second-order valence-electron chi connectivity index (χ2n) is 6.42. The number of benzene rings is 1. The minimum absolute atomic E-state index is 0.0369. The molecule has 1 aliphatic heterocycles. The van der Waals surface area contributed by atoms with E-state index in [1.807, 2.05) is 41.3 Å². The topological polar surface area (TPSA) is 51.7 Å². The van der Waals surface area contributed by atoms with Gasteiger partial charge in [0.1, 0.15) is 18.5 Å². The summed E-state index contributed by atoms with van der Waals surface area (Å²) in [4.78, 5) is 18.9. The molecule has 1 saturated heterocycles. The Labute approximate surface area is 160 Å². The van der Waals surface area contributed by atoms with Crippen molar-refractivity contribution in [3.05, 3.63) is 59.9 Å². The molecule has 1 amide bonds. The Morgan fingerprint density at radius 2 is 2.07 bits per heavy atom. The molecule has 1 aromatic carbocycles. The van der Waals surface area contributed by atoms with Crippen LogP contribution < -0.4 is 4.74 Å². The zero-order valence-corrected chi connectivity index (χ0v) is 15.6. The van der Waals surface area contributed by atoms with E-state index in [0.717, 1.165) is 29.7 Å². The van der Waals surface area contributed by atoms with E-state index in [9.17, 15) is 4.79 Å². The Kier molecular flexibility index (Phi) is 6.84. The Morgan fingerprint density at radius 3 is 2.74 bits per heavy atom. The average molecular weight is 364 g/mol. The van der Waals surface area contributed by atoms with Crippen LogP contribution in [0.1, 0.15) is 30.9 Å². The molecule has 2 aromatic rings. The maximum Gasteiger partial charge on any atom is 0.252 e. The summed E-state index contributed by atoms with van der Waals surface area (Å²) in [5, 5.41) is 0. The van der Waals surface area contributed by atoms with Gasteiger partial charge in [0, 0.05) is 32.1 Å². The van der Waals surface area contributed by atoms with Crippen LogP contribution in [0.2, 0.25) is 0 Å². The van der Waals surface area contributed by atoms with Crippen molar-refractivity contribution in [1.82, 2.24) is 9.88 Å². The van der Waals surface area contributed by atoms with Gasteiger partial charge in [0.25, 0.3) is 5.91 Å². The first-order valence-electron chi connectivity index (χ1n) is 9.17. The first kappa shape index (κ1) is 18.9. The summed E-state index contributed by atoms with van der Waals surface area (Å²) in [5.41, 5.74) is 2.04. The summed E-state index contributed by atoms with van der Waals surface area (Å²) in [6, 6.07) is 11.6. The van der Waals surface area contributed by atoms with E-state index in [2.05, 4.69) is 16.8 Å². The summed E-state index contributed by atoms with van der Waals surface area (Å²) >= 11 is 0. The van der Waals surface area contributed by atoms with Crippen LogP contribution in [-0.2, 0) is 22.6 Å². The second-order valence-corrected chi connectivity index (χ2v) is 6.42. The third kappa shape index (κ3) is 5.57. The van der Waals surface area contributed by atoms with Crippen LogP contribution in [0.3, 0.4) is 0 Å². The number of ether oxygens (including phenoxy) is 2. The first-order valence-corrected chi connectivity index (χ1v) is 9.17. The third-order valence-electron chi connectivity index (χ3n) is 4.40. The van der Waals surface area contributed by atoms with Crippen LogP contribution in [0.5, 0.6) is 5.75 Å². The van der Waals surface area contributed by atoms with Gasteiger partial charge in [0.05, 0.1) is 0 Å². The van der Waals surface area contributed by atoms with Gasteiger partial charge >= 0.3 is 0 Å². The summed E-state index contributed by atoms with van der Waals surface area (Å²) in [7, 11) is 0. The van der Waals surface area contributed by atoms with Crippen LogP contribution in [-0.4, -0.2) is 35.1 Å². The van der Waals surface area contributed by atoms with E-state index in [-0.39, 0.29) is 12.0 Å². The number of rotatable bonds is 7. The van der Waals surface area contributed by atoms with E-state index >= 15 is 0 Å². The van der Waals surface area contributed by atoms with E-state index in [1.165, 1.54) is 0 Å². The third-order valence-corrected chi connectivity index (χ3v) is 4.40. The number of pyridine rings is 1. The molecule has 0 radical (unpaired) electrons. The molecule has 0 unspecified atom stereocenters. The molecule has 0 saturated carbocycles. The molecule has 0 aliphatic carbocycles. The summed E-state index contributed by atoms with van der Waals surface area (Å²) < 4.78 is 11.2. The fourth-order valence-electron chi connectivity index (χ4n) is 3.00. The van der Waals surface area contributed by atoms with Gasteiger partial charge in [-0.2, -0.15) is 0 Å². The van der Waals surface area contributed by atoms with Crippen molar-refractivity contribution in [1.29, 1.82) is 0 Å². The zero-order chi connectivity index (χ0) is 18.9. The largest absolute Gasteiger partial charge is 0.481 e. The fourth-order valence-corrected chi connectivity index (χ4v) is 3.00. The summed E-state index contributed by atoms with van der Waals surface area (Å²) in [5.74, 6) is 6.48. The molecule has 5 heteroatoms. The Balaban J connectivity index is 1.69. The fraction of sp³-hybridized carbons (Fsp3) is 0.364. The Morgan fingerprint density at radius 1 is 1.26 bits per heavy atom. The molecule has 0 N–H and O–H groups in total. The van der Waals surface area contributed by atoms with Gasteiger partial charge < -0.3 is 14.4 Å². The van der Waals surface area contributed by atoms with Gasteiger partial charge in [-0.05, 0) is 49.1 Å². The van der Waals surface area contributed by atoms with Crippen molar-refractivity contribution >= 4 is 5.91 Å². The van der Waals surface area contributed by atoms with Gasteiger partial charge in [-0.15, -0.1) is 5.92 Å². The number of amides is 1. The maximum absolute atomic E-state index is 12.9. The lowest BCUT2D eigenvalue weighted by atomic mass is 10.1. The molecule has 0 bridgehead atoms. The molecule has 27 heavy (non-hydrogen) atoms. The minimum atomic E-state index is -0.336. The normalized spacial score (nSPS) is 15.7. The van der Waals surface area contributed by atoms with Crippen LogP contribution >= 0.6 is 0 Å². The average Bonchev–Trinajstić information content (AvgIpc) is 3.24. The molecule has 140 valence electrons. The number of hydrogen-bond donors (Lipinski definition) is 0. The van der Waals surface area contributed by atoms with Crippen molar-refractivity contribution in [3.8, 4) is 17.6 Å². The smallest absolute Gasteiger partial charge is 0.252 e. The van der Waals surface area contributed by atoms with Crippen LogP contribution in [0.25, 0.3) is 0 Å². The second kappa shape index (κ2) is 9.75. The molecule has 1 aliphatic rings. The highest BCUT2D eigenvalue weighted by atomic mass is 16.5.